The Morgan fingerprint density at radius 3 is 2.60 bits per heavy atom. The molecule has 2 amide bonds. The van der Waals surface area contributed by atoms with Gasteiger partial charge in [0, 0.05) is 26.2 Å². The molecule has 0 aliphatic carbocycles. The van der Waals surface area contributed by atoms with Crippen molar-refractivity contribution in [3.05, 3.63) is 0 Å². The third kappa shape index (κ3) is 3.75. The van der Waals surface area contributed by atoms with Crippen LogP contribution in [0, 0.1) is 5.92 Å². The number of nitrogens with two attached hydrogens (primary N) is 1. The van der Waals surface area contributed by atoms with Gasteiger partial charge in [-0.3, -0.25) is 4.79 Å². The van der Waals surface area contributed by atoms with Gasteiger partial charge in [0.2, 0.25) is 5.91 Å². The van der Waals surface area contributed by atoms with Gasteiger partial charge in [0.05, 0.1) is 5.92 Å². The minimum Gasteiger partial charge on any atom is -0.449 e. The molecular formula is C9H17N3O3. The average Bonchev–Trinajstić information content (AvgIpc) is 2.26. The van der Waals surface area contributed by atoms with Crippen LogP contribution in [0.2, 0.25) is 0 Å². The lowest BCUT2D eigenvalue weighted by atomic mass is 10.2. The second-order valence-corrected chi connectivity index (χ2v) is 3.62. The van der Waals surface area contributed by atoms with Crippen LogP contribution < -0.4 is 11.1 Å². The Morgan fingerprint density at radius 2 is 2.07 bits per heavy atom. The van der Waals surface area contributed by atoms with Crippen LogP contribution in [0.25, 0.3) is 0 Å². The van der Waals surface area contributed by atoms with Gasteiger partial charge >= 0.3 is 6.09 Å². The van der Waals surface area contributed by atoms with Crippen molar-refractivity contribution < 1.29 is 14.3 Å². The molecule has 0 aromatic carbocycles. The molecule has 1 fully saturated rings. The number of carbonyl (C=O) groups excluding carboxylic acids is 2. The van der Waals surface area contributed by atoms with Crippen LogP contribution in [-0.4, -0.2) is 49.7 Å². The summed E-state index contributed by atoms with van der Waals surface area (Å²) in [5.74, 6) is -0.889. The fraction of sp³-hybridized carbons (Fsp3) is 0.778. The summed E-state index contributed by atoms with van der Waals surface area (Å²) in [5.41, 5.74) is 5.05. The maximum absolute atomic E-state index is 11.4. The standard InChI is InChI=1S/C9H17N3O3/c1-7(8(10)13)6-15-9(14)12-4-2-11-3-5-12/h7,11H,2-6H2,1H3,(H2,10,13). The Morgan fingerprint density at radius 1 is 1.47 bits per heavy atom. The van der Waals surface area contributed by atoms with Crippen molar-refractivity contribution in [1.82, 2.24) is 10.2 Å². The lowest BCUT2D eigenvalue weighted by molar-refractivity contribution is -0.122. The van der Waals surface area contributed by atoms with E-state index in [1.54, 1.807) is 11.8 Å². The summed E-state index contributed by atoms with van der Waals surface area (Å²) in [4.78, 5) is 23.8. The first-order valence-corrected chi connectivity index (χ1v) is 5.03. The number of primary amides is 1. The van der Waals surface area contributed by atoms with Gasteiger partial charge in [-0.25, -0.2) is 4.79 Å². The highest BCUT2D eigenvalue weighted by Gasteiger charge is 2.19. The molecule has 0 spiro atoms. The molecule has 0 radical (unpaired) electrons. The van der Waals surface area contributed by atoms with Crippen molar-refractivity contribution >= 4 is 12.0 Å². The predicted molar refractivity (Wildman–Crippen MR) is 54.1 cm³/mol. The number of carbonyl (C=O) groups is 2. The van der Waals surface area contributed by atoms with Gasteiger partial charge in [-0.15, -0.1) is 0 Å². The van der Waals surface area contributed by atoms with Crippen molar-refractivity contribution in [2.75, 3.05) is 32.8 Å². The molecule has 15 heavy (non-hydrogen) atoms. The monoisotopic (exact) mass is 215 g/mol. The zero-order valence-electron chi connectivity index (χ0n) is 8.86. The summed E-state index contributed by atoms with van der Waals surface area (Å²) < 4.78 is 4.96. The maximum Gasteiger partial charge on any atom is 0.409 e. The van der Waals surface area contributed by atoms with E-state index in [1.165, 1.54) is 0 Å². The number of ether oxygens (including phenoxy) is 1. The van der Waals surface area contributed by atoms with Crippen LogP contribution in [0.5, 0.6) is 0 Å². The highest BCUT2D eigenvalue weighted by Crippen LogP contribution is 2.00. The summed E-state index contributed by atoms with van der Waals surface area (Å²) in [5, 5.41) is 3.13. The van der Waals surface area contributed by atoms with E-state index >= 15 is 0 Å². The Labute approximate surface area is 88.7 Å². The number of hydrogen-bond donors (Lipinski definition) is 2. The van der Waals surface area contributed by atoms with Crippen LogP contribution >= 0.6 is 0 Å². The molecule has 1 saturated heterocycles. The van der Waals surface area contributed by atoms with Gasteiger partial charge in [-0.1, -0.05) is 6.92 Å². The quantitative estimate of drug-likeness (QED) is 0.642. The van der Waals surface area contributed by atoms with E-state index in [-0.39, 0.29) is 12.7 Å². The van der Waals surface area contributed by atoms with Crippen molar-refractivity contribution in [3.63, 3.8) is 0 Å². The topological polar surface area (TPSA) is 84.7 Å². The number of nitrogens with one attached hydrogen (secondary N) is 1. The molecular weight excluding hydrogens is 198 g/mol. The minimum atomic E-state index is -0.455. The highest BCUT2D eigenvalue weighted by atomic mass is 16.6. The Kier molecular flexibility index (Phi) is 4.36. The van der Waals surface area contributed by atoms with Crippen LogP contribution in [-0.2, 0) is 9.53 Å². The van der Waals surface area contributed by atoms with Gasteiger partial charge in [-0.05, 0) is 0 Å². The Hall–Kier alpha value is -1.30. The zero-order valence-corrected chi connectivity index (χ0v) is 8.86. The molecule has 6 nitrogen and oxygen atoms in total. The van der Waals surface area contributed by atoms with Crippen LogP contribution in [0.4, 0.5) is 4.79 Å². The first kappa shape index (κ1) is 11.8. The SMILES string of the molecule is CC(COC(=O)N1CCNCC1)C(N)=O. The number of amides is 2. The number of hydrogen-bond acceptors (Lipinski definition) is 4. The smallest absolute Gasteiger partial charge is 0.409 e. The molecule has 86 valence electrons. The van der Waals surface area contributed by atoms with Crippen LogP contribution in [0.3, 0.4) is 0 Å². The maximum atomic E-state index is 11.4. The normalized spacial score (nSPS) is 18.3. The molecule has 0 saturated carbocycles. The summed E-state index contributed by atoms with van der Waals surface area (Å²) >= 11 is 0. The van der Waals surface area contributed by atoms with Gasteiger partial charge < -0.3 is 20.7 Å². The molecule has 3 N–H and O–H groups in total. The molecule has 1 heterocycles. The van der Waals surface area contributed by atoms with E-state index in [1.807, 2.05) is 0 Å². The van der Waals surface area contributed by atoms with E-state index in [4.69, 9.17) is 10.5 Å². The van der Waals surface area contributed by atoms with Crippen molar-refractivity contribution in [1.29, 1.82) is 0 Å². The summed E-state index contributed by atoms with van der Waals surface area (Å²) in [7, 11) is 0. The third-order valence-corrected chi connectivity index (χ3v) is 2.32. The van der Waals surface area contributed by atoms with Crippen LogP contribution in [0.15, 0.2) is 0 Å². The first-order valence-electron chi connectivity index (χ1n) is 5.03. The van der Waals surface area contributed by atoms with Crippen molar-refractivity contribution in [2.24, 2.45) is 11.7 Å². The molecule has 1 rings (SSSR count). The molecule has 6 heteroatoms. The number of nitrogens with zero attached hydrogens (tertiary/aromatic N) is 1. The summed E-state index contributed by atoms with van der Waals surface area (Å²) in [6.07, 6.45) is -0.371. The Balaban J connectivity index is 2.25. The van der Waals surface area contributed by atoms with Gasteiger partial charge in [0.25, 0.3) is 0 Å². The number of piperazine rings is 1. The van der Waals surface area contributed by atoms with E-state index in [9.17, 15) is 9.59 Å². The largest absolute Gasteiger partial charge is 0.449 e. The fourth-order valence-corrected chi connectivity index (χ4v) is 1.22. The highest BCUT2D eigenvalue weighted by molar-refractivity contribution is 5.76. The van der Waals surface area contributed by atoms with Crippen LogP contribution in [0.1, 0.15) is 6.92 Å². The first-order chi connectivity index (χ1) is 7.11. The van der Waals surface area contributed by atoms with Crippen molar-refractivity contribution in [3.8, 4) is 0 Å². The number of rotatable bonds is 3. The summed E-state index contributed by atoms with van der Waals surface area (Å²) in [6.45, 7) is 4.53. The zero-order chi connectivity index (χ0) is 11.3. The minimum absolute atomic E-state index is 0.0537. The predicted octanol–water partition coefficient (Wildman–Crippen LogP) is -0.850. The van der Waals surface area contributed by atoms with Gasteiger partial charge in [-0.2, -0.15) is 0 Å². The Bertz CT molecular complexity index is 239. The average molecular weight is 215 g/mol. The third-order valence-electron chi connectivity index (χ3n) is 2.32. The van der Waals surface area contributed by atoms with Gasteiger partial charge in [0.15, 0.2) is 0 Å². The molecule has 0 aromatic heterocycles. The second kappa shape index (κ2) is 5.55. The second-order valence-electron chi connectivity index (χ2n) is 3.62. The molecule has 0 aromatic rings. The molecule has 1 atom stereocenters. The lowest BCUT2D eigenvalue weighted by Gasteiger charge is -2.26. The fourth-order valence-electron chi connectivity index (χ4n) is 1.22. The molecule has 0 bridgehead atoms. The van der Waals surface area contributed by atoms with Gasteiger partial charge in [0.1, 0.15) is 6.61 Å². The van der Waals surface area contributed by atoms with E-state index < -0.39 is 11.8 Å². The summed E-state index contributed by atoms with van der Waals surface area (Å²) in [6, 6.07) is 0. The van der Waals surface area contributed by atoms with E-state index in [0.717, 1.165) is 13.1 Å². The lowest BCUT2D eigenvalue weighted by Crippen LogP contribution is -2.47. The molecule has 1 aliphatic rings. The molecule has 1 aliphatic heterocycles. The van der Waals surface area contributed by atoms with E-state index in [0.29, 0.717) is 13.1 Å². The molecule has 1 unspecified atom stereocenters. The van der Waals surface area contributed by atoms with E-state index in [2.05, 4.69) is 5.32 Å². The van der Waals surface area contributed by atoms with Crippen molar-refractivity contribution in [2.45, 2.75) is 6.92 Å².